The highest BCUT2D eigenvalue weighted by atomic mass is 79.9. The summed E-state index contributed by atoms with van der Waals surface area (Å²) < 4.78 is 43.6. The second kappa shape index (κ2) is 11.1. The van der Waals surface area contributed by atoms with Crippen molar-refractivity contribution in [2.24, 2.45) is 5.73 Å². The summed E-state index contributed by atoms with van der Waals surface area (Å²) in [4.78, 5) is 18.7. The van der Waals surface area contributed by atoms with Gasteiger partial charge in [-0.25, -0.2) is 13.8 Å². The van der Waals surface area contributed by atoms with Gasteiger partial charge in [-0.05, 0) is 61.7 Å². The molecule has 8 nitrogen and oxygen atoms in total. The summed E-state index contributed by atoms with van der Waals surface area (Å²) in [5.41, 5.74) is 5.18. The van der Waals surface area contributed by atoms with E-state index in [-0.39, 0.29) is 21.5 Å². The number of carbonyl (C=O) groups excluding carboxylic acids is 1. The lowest BCUT2D eigenvalue weighted by Crippen LogP contribution is -2.25. The zero-order chi connectivity index (χ0) is 24.1. The molecule has 0 aliphatic carbocycles. The maximum atomic E-state index is 14.1. The second-order valence-electron chi connectivity index (χ2n) is 7.59. The van der Waals surface area contributed by atoms with Crippen molar-refractivity contribution in [2.45, 2.75) is 19.4 Å². The average Bonchev–Trinajstić information content (AvgIpc) is 3.44. The Morgan fingerprint density at radius 2 is 1.94 bits per heavy atom. The summed E-state index contributed by atoms with van der Waals surface area (Å²) in [7, 11) is 0. The number of halogens is 3. The number of ether oxygens (including phenoxy) is 2. The maximum absolute atomic E-state index is 14.1. The number of primary amides is 1. The van der Waals surface area contributed by atoms with Crippen LogP contribution in [0.4, 0.5) is 19.6 Å². The van der Waals surface area contributed by atoms with Crippen LogP contribution in [0.2, 0.25) is 0 Å². The summed E-state index contributed by atoms with van der Waals surface area (Å²) >= 11 is 3.94. The number of nitrogens with two attached hydrogens (primary N) is 1. The zero-order valence-corrected chi connectivity index (χ0v) is 20.4. The highest BCUT2D eigenvalue weighted by Gasteiger charge is 2.22. The third-order valence-electron chi connectivity index (χ3n) is 5.22. The first-order valence-electron chi connectivity index (χ1n) is 10.5. The summed E-state index contributed by atoms with van der Waals surface area (Å²) in [5.74, 6) is -1.42. The van der Waals surface area contributed by atoms with Crippen molar-refractivity contribution in [1.82, 2.24) is 14.3 Å². The molecule has 3 N–H and O–H groups in total. The van der Waals surface area contributed by atoms with E-state index in [0.29, 0.717) is 23.2 Å². The minimum Gasteiger partial charge on any atom is -0.491 e. The van der Waals surface area contributed by atoms with Gasteiger partial charge in [-0.3, -0.25) is 9.69 Å². The molecule has 3 heterocycles. The lowest BCUT2D eigenvalue weighted by molar-refractivity contribution is 0.0996. The van der Waals surface area contributed by atoms with Gasteiger partial charge in [0.2, 0.25) is 5.88 Å². The molecule has 0 unspecified atom stereocenters. The van der Waals surface area contributed by atoms with Crippen molar-refractivity contribution in [2.75, 3.05) is 31.6 Å². The summed E-state index contributed by atoms with van der Waals surface area (Å²) in [6.07, 6.45) is 4.04. The van der Waals surface area contributed by atoms with E-state index in [1.807, 2.05) is 0 Å². The number of nitrogens with zero attached hydrogens (tertiary/aromatic N) is 3. The van der Waals surface area contributed by atoms with Gasteiger partial charge in [0.05, 0.1) is 11.8 Å². The Kier molecular flexibility index (Phi) is 7.91. The van der Waals surface area contributed by atoms with Crippen molar-refractivity contribution < 1.29 is 23.0 Å². The monoisotopic (exact) mass is 553 g/mol. The van der Waals surface area contributed by atoms with Crippen LogP contribution in [0.3, 0.4) is 0 Å². The number of hydrogen-bond acceptors (Lipinski definition) is 8. The van der Waals surface area contributed by atoms with Gasteiger partial charge < -0.3 is 20.5 Å². The number of carbonyl (C=O) groups is 1. The largest absolute Gasteiger partial charge is 0.491 e. The predicted octanol–water partition coefficient (Wildman–Crippen LogP) is 4.47. The number of anilines is 2. The Morgan fingerprint density at radius 1 is 1.21 bits per heavy atom. The van der Waals surface area contributed by atoms with Gasteiger partial charge in [0.15, 0.2) is 0 Å². The molecule has 1 aliphatic rings. The second-order valence-corrected chi connectivity index (χ2v) is 9.28. The third-order valence-corrected chi connectivity index (χ3v) is 6.42. The van der Waals surface area contributed by atoms with E-state index in [9.17, 15) is 13.6 Å². The molecule has 1 fully saturated rings. The molecule has 2 aromatic heterocycles. The third kappa shape index (κ3) is 5.99. The van der Waals surface area contributed by atoms with Crippen LogP contribution in [0, 0.1) is 11.6 Å². The predicted molar refractivity (Wildman–Crippen MR) is 128 cm³/mol. The first kappa shape index (κ1) is 24.3. The normalized spacial score (nSPS) is 13.7. The molecule has 0 saturated carbocycles. The van der Waals surface area contributed by atoms with Gasteiger partial charge in [0.1, 0.15) is 47.0 Å². The van der Waals surface area contributed by atoms with Crippen LogP contribution in [0.1, 0.15) is 28.8 Å². The van der Waals surface area contributed by atoms with Gasteiger partial charge in [-0.1, -0.05) is 15.9 Å². The number of amides is 1. The minimum absolute atomic E-state index is 0.0318. The molecular weight excluding hydrogens is 532 g/mol. The Balaban J connectivity index is 1.39. The van der Waals surface area contributed by atoms with Crippen molar-refractivity contribution >= 4 is 44.2 Å². The molecular formula is C22H22BrF2N5O3S. The van der Waals surface area contributed by atoms with E-state index < -0.39 is 24.1 Å². The fraction of sp³-hybridized carbons (Fsp3) is 0.318. The standard InChI is InChI=1S/C22H22BrF2N5O3S/c23-13-9-16(24)15(17(25)10-13)12-33-21-19(20(26)31)22(34-29-21)28-18-4-3-14(11-27-18)32-8-7-30-5-1-2-6-30/h3-4,9-11H,1-2,5-8,12H2,(H2,26,31)(H,27,28). The Morgan fingerprint density at radius 3 is 2.59 bits per heavy atom. The van der Waals surface area contributed by atoms with Crippen LogP contribution in [0.15, 0.2) is 34.9 Å². The molecule has 0 radical (unpaired) electrons. The van der Waals surface area contributed by atoms with Crippen molar-refractivity contribution in [1.29, 1.82) is 0 Å². The Bertz CT molecular complexity index is 1130. The van der Waals surface area contributed by atoms with Crippen LogP contribution < -0.4 is 20.5 Å². The highest BCUT2D eigenvalue weighted by molar-refractivity contribution is 9.10. The van der Waals surface area contributed by atoms with Gasteiger partial charge in [0.25, 0.3) is 5.91 Å². The van der Waals surface area contributed by atoms with E-state index in [4.69, 9.17) is 15.2 Å². The smallest absolute Gasteiger partial charge is 0.257 e. The van der Waals surface area contributed by atoms with E-state index >= 15 is 0 Å². The number of nitrogens with one attached hydrogen (secondary N) is 1. The van der Waals surface area contributed by atoms with Crippen molar-refractivity contribution in [3.05, 3.63) is 57.7 Å². The van der Waals surface area contributed by atoms with Crippen LogP contribution in [-0.4, -0.2) is 46.4 Å². The van der Waals surface area contributed by atoms with E-state index in [0.717, 1.165) is 43.3 Å². The lowest BCUT2D eigenvalue weighted by Gasteiger charge is -2.14. The number of hydrogen-bond donors (Lipinski definition) is 2. The molecule has 1 saturated heterocycles. The molecule has 4 rings (SSSR count). The number of benzene rings is 1. The number of pyridine rings is 1. The Hall–Kier alpha value is -2.83. The van der Waals surface area contributed by atoms with Crippen LogP contribution in [-0.2, 0) is 6.61 Å². The quantitative estimate of drug-likeness (QED) is 0.381. The van der Waals surface area contributed by atoms with Gasteiger partial charge in [0, 0.05) is 11.0 Å². The van der Waals surface area contributed by atoms with Gasteiger partial charge >= 0.3 is 0 Å². The molecule has 12 heteroatoms. The minimum atomic E-state index is -0.801. The van der Waals surface area contributed by atoms with Crippen LogP contribution in [0.25, 0.3) is 0 Å². The molecule has 180 valence electrons. The highest BCUT2D eigenvalue weighted by Crippen LogP contribution is 2.33. The molecule has 0 bridgehead atoms. The molecule has 1 aromatic carbocycles. The molecule has 0 atom stereocenters. The topological polar surface area (TPSA) is 103 Å². The fourth-order valence-electron chi connectivity index (χ4n) is 3.48. The summed E-state index contributed by atoms with van der Waals surface area (Å²) in [5, 5.41) is 3.28. The average molecular weight is 554 g/mol. The lowest BCUT2D eigenvalue weighted by atomic mass is 10.2. The summed E-state index contributed by atoms with van der Waals surface area (Å²) in [6.45, 7) is 3.21. The zero-order valence-electron chi connectivity index (χ0n) is 18.0. The van der Waals surface area contributed by atoms with Crippen molar-refractivity contribution in [3.63, 3.8) is 0 Å². The molecule has 3 aromatic rings. The first-order valence-corrected chi connectivity index (χ1v) is 12.1. The maximum Gasteiger partial charge on any atom is 0.257 e. The van der Waals surface area contributed by atoms with Gasteiger partial charge in [-0.15, -0.1) is 0 Å². The molecule has 1 aliphatic heterocycles. The number of likely N-dealkylation sites (tertiary alicyclic amines) is 1. The van der Waals surface area contributed by atoms with E-state index in [2.05, 4.69) is 35.5 Å². The van der Waals surface area contributed by atoms with Crippen LogP contribution in [0.5, 0.6) is 11.6 Å². The molecule has 0 spiro atoms. The summed E-state index contributed by atoms with van der Waals surface area (Å²) in [6, 6.07) is 5.70. The first-order chi connectivity index (χ1) is 16.4. The van der Waals surface area contributed by atoms with Crippen LogP contribution >= 0.6 is 27.5 Å². The Labute approximate surface area is 207 Å². The van der Waals surface area contributed by atoms with E-state index in [1.165, 1.54) is 12.8 Å². The number of aromatic nitrogens is 2. The van der Waals surface area contributed by atoms with E-state index in [1.54, 1.807) is 18.3 Å². The SMILES string of the molecule is NC(=O)c1c(OCc2c(F)cc(Br)cc2F)nsc1Nc1ccc(OCCN2CCCC2)cn1. The fourth-order valence-corrected chi connectivity index (χ4v) is 4.63. The molecule has 34 heavy (non-hydrogen) atoms. The van der Waals surface area contributed by atoms with Gasteiger partial charge in [-0.2, -0.15) is 4.37 Å². The number of rotatable bonds is 10. The molecule has 1 amide bonds. The van der Waals surface area contributed by atoms with Crippen molar-refractivity contribution in [3.8, 4) is 11.6 Å².